The number of benzene rings is 2. The van der Waals surface area contributed by atoms with E-state index in [2.05, 4.69) is 30.8 Å². The molecule has 2 heterocycles. The molecule has 2 aromatic heterocycles. The van der Waals surface area contributed by atoms with Gasteiger partial charge < -0.3 is 15.7 Å². The molecule has 0 saturated heterocycles. The lowest BCUT2D eigenvalue weighted by molar-refractivity contribution is 0.0695. The zero-order chi connectivity index (χ0) is 24.7. The van der Waals surface area contributed by atoms with Crippen molar-refractivity contribution in [3.8, 4) is 0 Å². The van der Waals surface area contributed by atoms with Crippen LogP contribution in [0.3, 0.4) is 0 Å². The van der Waals surface area contributed by atoms with Crippen LogP contribution in [0.5, 0.6) is 0 Å². The number of hydrogen-bond donors (Lipinski definition) is 4. The second-order valence-corrected chi connectivity index (χ2v) is 8.30. The number of hydrogen-bond acceptors (Lipinski definition) is 6. The van der Waals surface area contributed by atoms with Gasteiger partial charge in [0.05, 0.1) is 11.6 Å². The highest BCUT2D eigenvalue weighted by atomic mass is 19.2. The number of aromatic nitrogens is 4. The molecule has 4 N–H and O–H groups in total. The number of carbonyl (C=O) groups excluding carboxylic acids is 1. The number of H-pyrrole nitrogens is 1. The number of carboxylic acids is 1. The van der Waals surface area contributed by atoms with Crippen LogP contribution in [-0.2, 0) is 13.0 Å². The molecule has 2 aromatic carbocycles. The number of carboxylic acid groups (broad SMARTS) is 1. The molecule has 9 nitrogen and oxygen atoms in total. The van der Waals surface area contributed by atoms with E-state index in [4.69, 9.17) is 0 Å². The summed E-state index contributed by atoms with van der Waals surface area (Å²) in [6, 6.07) is 6.61. The fraction of sp³-hybridized carbons (Fsp3) is 0.208. The van der Waals surface area contributed by atoms with Crippen LogP contribution in [0.25, 0.3) is 11.0 Å². The van der Waals surface area contributed by atoms with E-state index in [0.717, 1.165) is 23.3 Å². The normalized spacial score (nSPS) is 14.7. The fourth-order valence-electron chi connectivity index (χ4n) is 4.46. The number of aromatic amines is 1. The van der Waals surface area contributed by atoms with Crippen LogP contribution in [0.2, 0.25) is 0 Å². The van der Waals surface area contributed by atoms with Gasteiger partial charge in [0.25, 0.3) is 5.91 Å². The zero-order valence-electron chi connectivity index (χ0n) is 18.5. The fourth-order valence-corrected chi connectivity index (χ4v) is 4.46. The molecule has 4 aromatic rings. The summed E-state index contributed by atoms with van der Waals surface area (Å²) in [4.78, 5) is 32.8. The Hall–Kier alpha value is -4.41. The molecular formula is C24H20F2N6O3. The van der Waals surface area contributed by atoms with E-state index in [1.54, 1.807) is 19.1 Å². The average molecular weight is 478 g/mol. The molecule has 35 heavy (non-hydrogen) atoms. The summed E-state index contributed by atoms with van der Waals surface area (Å²) >= 11 is 0. The topological polar surface area (TPSA) is 133 Å². The number of carbonyl (C=O) groups is 2. The Labute approximate surface area is 197 Å². The van der Waals surface area contributed by atoms with Gasteiger partial charge in [-0.2, -0.15) is 5.10 Å². The SMILES string of the molecule is Cc1c(C(=O)O)ccc2c1CC[C@@H]2NC(=O)c1ncnc2c(NCc3ccc(F)c(F)c3)n[nH]c12. The lowest BCUT2D eigenvalue weighted by Gasteiger charge is -2.15. The Balaban J connectivity index is 1.35. The second kappa shape index (κ2) is 8.75. The van der Waals surface area contributed by atoms with Crippen molar-refractivity contribution in [2.75, 3.05) is 5.32 Å². The third kappa shape index (κ3) is 4.05. The summed E-state index contributed by atoms with van der Waals surface area (Å²) in [6.45, 7) is 1.94. The van der Waals surface area contributed by atoms with Crippen LogP contribution < -0.4 is 10.6 Å². The maximum atomic E-state index is 13.5. The van der Waals surface area contributed by atoms with E-state index in [9.17, 15) is 23.5 Å². The highest BCUT2D eigenvalue weighted by Gasteiger charge is 2.29. The summed E-state index contributed by atoms with van der Waals surface area (Å²) in [5.74, 6) is -2.94. The molecule has 1 aliphatic rings. The molecule has 1 atom stereocenters. The molecule has 1 amide bonds. The number of halogens is 2. The second-order valence-electron chi connectivity index (χ2n) is 8.30. The van der Waals surface area contributed by atoms with E-state index >= 15 is 0 Å². The molecule has 0 aliphatic heterocycles. The summed E-state index contributed by atoms with van der Waals surface area (Å²) in [6.07, 6.45) is 2.55. The molecular weight excluding hydrogens is 458 g/mol. The minimum atomic E-state index is -0.977. The Morgan fingerprint density at radius 2 is 2.00 bits per heavy atom. The van der Waals surface area contributed by atoms with Gasteiger partial charge in [-0.05, 0) is 60.2 Å². The van der Waals surface area contributed by atoms with Crippen molar-refractivity contribution in [2.24, 2.45) is 0 Å². The number of fused-ring (bicyclic) bond motifs is 2. The molecule has 0 spiro atoms. The van der Waals surface area contributed by atoms with Gasteiger partial charge in [-0.15, -0.1) is 0 Å². The minimum Gasteiger partial charge on any atom is -0.478 e. The van der Waals surface area contributed by atoms with Crippen molar-refractivity contribution in [2.45, 2.75) is 32.4 Å². The van der Waals surface area contributed by atoms with Crippen molar-refractivity contribution in [3.63, 3.8) is 0 Å². The van der Waals surface area contributed by atoms with Gasteiger partial charge >= 0.3 is 5.97 Å². The summed E-state index contributed by atoms with van der Waals surface area (Å²) in [5.41, 5.74) is 4.12. The number of rotatable bonds is 6. The van der Waals surface area contributed by atoms with Crippen LogP contribution in [-0.4, -0.2) is 37.1 Å². The van der Waals surface area contributed by atoms with Crippen molar-refractivity contribution in [1.29, 1.82) is 0 Å². The Bertz CT molecular complexity index is 1490. The van der Waals surface area contributed by atoms with Gasteiger partial charge in [-0.3, -0.25) is 9.89 Å². The predicted molar refractivity (Wildman–Crippen MR) is 122 cm³/mol. The Kier molecular flexibility index (Phi) is 5.59. The smallest absolute Gasteiger partial charge is 0.335 e. The molecule has 0 unspecified atom stereocenters. The van der Waals surface area contributed by atoms with Gasteiger partial charge in [0.2, 0.25) is 0 Å². The maximum Gasteiger partial charge on any atom is 0.335 e. The van der Waals surface area contributed by atoms with Crippen LogP contribution >= 0.6 is 0 Å². The van der Waals surface area contributed by atoms with E-state index in [-0.39, 0.29) is 23.8 Å². The number of anilines is 1. The number of aromatic carboxylic acids is 1. The molecule has 0 saturated carbocycles. The lowest BCUT2D eigenvalue weighted by atomic mass is 9.98. The molecule has 1 aliphatic carbocycles. The first kappa shape index (κ1) is 22.4. The van der Waals surface area contributed by atoms with E-state index < -0.39 is 23.5 Å². The average Bonchev–Trinajstić information content (AvgIpc) is 3.44. The van der Waals surface area contributed by atoms with Crippen molar-refractivity contribution in [3.05, 3.63) is 81.8 Å². The molecule has 11 heteroatoms. The van der Waals surface area contributed by atoms with Gasteiger partial charge in [-0.1, -0.05) is 12.1 Å². The first-order valence-electron chi connectivity index (χ1n) is 10.9. The van der Waals surface area contributed by atoms with E-state index in [0.29, 0.717) is 40.8 Å². The van der Waals surface area contributed by atoms with Crippen molar-refractivity contribution in [1.82, 2.24) is 25.5 Å². The van der Waals surface area contributed by atoms with Crippen LogP contribution in [0.15, 0.2) is 36.7 Å². The van der Waals surface area contributed by atoms with Gasteiger partial charge in [0, 0.05) is 6.54 Å². The first-order valence-corrected chi connectivity index (χ1v) is 10.9. The van der Waals surface area contributed by atoms with E-state index in [1.807, 2.05) is 0 Å². The van der Waals surface area contributed by atoms with Crippen LogP contribution in [0.1, 0.15) is 55.6 Å². The third-order valence-corrected chi connectivity index (χ3v) is 6.24. The quantitative estimate of drug-likeness (QED) is 0.332. The largest absolute Gasteiger partial charge is 0.478 e. The van der Waals surface area contributed by atoms with Crippen molar-refractivity contribution < 1.29 is 23.5 Å². The van der Waals surface area contributed by atoms with Crippen LogP contribution in [0.4, 0.5) is 14.6 Å². The van der Waals surface area contributed by atoms with Crippen molar-refractivity contribution >= 4 is 28.7 Å². The highest BCUT2D eigenvalue weighted by Crippen LogP contribution is 2.35. The third-order valence-electron chi connectivity index (χ3n) is 6.24. The number of amides is 1. The van der Waals surface area contributed by atoms with Gasteiger partial charge in [-0.25, -0.2) is 23.5 Å². The first-order chi connectivity index (χ1) is 16.8. The summed E-state index contributed by atoms with van der Waals surface area (Å²) < 4.78 is 26.6. The summed E-state index contributed by atoms with van der Waals surface area (Å²) in [7, 11) is 0. The molecule has 5 rings (SSSR count). The lowest BCUT2D eigenvalue weighted by Crippen LogP contribution is -2.28. The minimum absolute atomic E-state index is 0.107. The zero-order valence-corrected chi connectivity index (χ0v) is 18.5. The number of nitrogens with one attached hydrogen (secondary N) is 3. The Morgan fingerprint density at radius 1 is 1.17 bits per heavy atom. The molecule has 178 valence electrons. The predicted octanol–water partition coefficient (Wildman–Crippen LogP) is 3.67. The highest BCUT2D eigenvalue weighted by molar-refractivity contribution is 6.05. The molecule has 0 fully saturated rings. The Morgan fingerprint density at radius 3 is 2.77 bits per heavy atom. The molecule has 0 bridgehead atoms. The number of nitrogens with zero attached hydrogens (tertiary/aromatic N) is 3. The standard InChI is InChI=1S/C24H20F2N6O3/c1-11-13-5-7-18(15(13)4-3-14(11)24(34)35)30-23(33)21-19-20(28-10-29-21)22(32-31-19)27-9-12-2-6-16(25)17(26)8-12/h2-4,6,8,10,18H,5,7,9H2,1H3,(H,30,33)(H,34,35)(H2,27,31,32)/t18-/m0/s1. The monoisotopic (exact) mass is 478 g/mol. The van der Waals surface area contributed by atoms with Gasteiger partial charge in [0.15, 0.2) is 23.1 Å². The summed E-state index contributed by atoms with van der Waals surface area (Å²) in [5, 5.41) is 22.3. The molecule has 0 radical (unpaired) electrons. The van der Waals surface area contributed by atoms with Gasteiger partial charge in [0.1, 0.15) is 17.4 Å². The van der Waals surface area contributed by atoms with Crippen LogP contribution in [0, 0.1) is 18.6 Å². The van der Waals surface area contributed by atoms with E-state index in [1.165, 1.54) is 12.4 Å². The maximum absolute atomic E-state index is 13.5.